The third-order valence-electron chi connectivity index (χ3n) is 5.96. The number of carbonyl (C=O) groups is 2. The molecule has 8 nitrogen and oxygen atoms in total. The van der Waals surface area contributed by atoms with Crippen LogP contribution < -0.4 is 14.8 Å². The zero-order valence-corrected chi connectivity index (χ0v) is 20.0. The Kier molecular flexibility index (Phi) is 6.24. The Morgan fingerprint density at radius 1 is 1.09 bits per heavy atom. The Bertz CT molecular complexity index is 1370. The number of thiazole rings is 1. The first kappa shape index (κ1) is 22.7. The van der Waals surface area contributed by atoms with Crippen LogP contribution in [0.5, 0.6) is 11.5 Å². The minimum absolute atomic E-state index is 0.198. The van der Waals surface area contributed by atoms with Gasteiger partial charge in [0.2, 0.25) is 5.91 Å². The van der Waals surface area contributed by atoms with E-state index < -0.39 is 6.04 Å². The number of nitrogens with zero attached hydrogens (tertiary/aromatic N) is 2. The fourth-order valence-corrected chi connectivity index (χ4v) is 4.88. The lowest BCUT2D eigenvalue weighted by molar-refractivity contribution is -0.121. The molecule has 2 aromatic heterocycles. The maximum absolute atomic E-state index is 13.4. The number of nitrogens with one attached hydrogen (secondary N) is 1. The Labute approximate surface area is 206 Å². The van der Waals surface area contributed by atoms with Crippen LogP contribution in [0.1, 0.15) is 21.7 Å². The summed E-state index contributed by atoms with van der Waals surface area (Å²) in [6.45, 7) is 0.317. The Morgan fingerprint density at radius 3 is 2.66 bits per heavy atom. The second kappa shape index (κ2) is 9.63. The highest BCUT2D eigenvalue weighted by Gasteiger charge is 2.36. The van der Waals surface area contributed by atoms with Crippen LogP contribution in [0.2, 0.25) is 0 Å². The lowest BCUT2D eigenvalue weighted by atomic mass is 9.93. The minimum atomic E-state index is -0.707. The molecule has 2 amide bonds. The highest BCUT2D eigenvalue weighted by molar-refractivity contribution is 7.14. The number of benzene rings is 2. The van der Waals surface area contributed by atoms with Gasteiger partial charge in [-0.25, -0.2) is 4.98 Å². The Morgan fingerprint density at radius 2 is 1.91 bits per heavy atom. The molecule has 0 bridgehead atoms. The van der Waals surface area contributed by atoms with E-state index in [1.807, 2.05) is 47.8 Å². The van der Waals surface area contributed by atoms with E-state index in [4.69, 9.17) is 13.9 Å². The molecule has 0 spiro atoms. The van der Waals surface area contributed by atoms with E-state index in [1.165, 1.54) is 17.6 Å². The van der Waals surface area contributed by atoms with Crippen molar-refractivity contribution in [2.24, 2.45) is 0 Å². The van der Waals surface area contributed by atoms with E-state index >= 15 is 0 Å². The number of anilines is 1. The average molecular weight is 490 g/mol. The van der Waals surface area contributed by atoms with Gasteiger partial charge in [-0.2, -0.15) is 0 Å². The standard InChI is InChI=1S/C26H23N3O5S/c1-32-18-9-10-22(33-2)19(13-18)20-15-35-26(27-20)28-24(30)21-12-16-6-3-4-7-17(16)14-29(21)25(31)23-8-5-11-34-23/h3-11,13,15,21H,12,14H2,1-2H3,(H,27,28,30). The highest BCUT2D eigenvalue weighted by Crippen LogP contribution is 2.35. The summed E-state index contributed by atoms with van der Waals surface area (Å²) in [5.41, 5.74) is 3.46. The van der Waals surface area contributed by atoms with E-state index in [2.05, 4.69) is 10.3 Å². The molecule has 1 aliphatic rings. The molecule has 4 aromatic rings. The molecule has 0 aliphatic carbocycles. The van der Waals surface area contributed by atoms with Gasteiger partial charge in [0.25, 0.3) is 5.91 Å². The lowest BCUT2D eigenvalue weighted by Gasteiger charge is -2.35. The fraction of sp³-hybridized carbons (Fsp3) is 0.192. The third-order valence-corrected chi connectivity index (χ3v) is 6.72. The summed E-state index contributed by atoms with van der Waals surface area (Å²) in [6.07, 6.45) is 1.85. The van der Waals surface area contributed by atoms with Gasteiger partial charge in [0, 0.05) is 23.9 Å². The van der Waals surface area contributed by atoms with E-state index in [0.717, 1.165) is 16.7 Å². The van der Waals surface area contributed by atoms with Crippen LogP contribution in [0.15, 0.2) is 70.7 Å². The summed E-state index contributed by atoms with van der Waals surface area (Å²) in [6, 6.07) is 15.8. The van der Waals surface area contributed by atoms with Crippen LogP contribution in [0.3, 0.4) is 0 Å². The van der Waals surface area contributed by atoms with Crippen molar-refractivity contribution < 1.29 is 23.5 Å². The number of fused-ring (bicyclic) bond motifs is 1. The topological polar surface area (TPSA) is 93.9 Å². The molecule has 3 heterocycles. The van der Waals surface area contributed by atoms with Crippen LogP contribution in [0, 0.1) is 0 Å². The number of carbonyl (C=O) groups excluding carboxylic acids is 2. The summed E-state index contributed by atoms with van der Waals surface area (Å²) in [4.78, 5) is 32.7. The quantitative estimate of drug-likeness (QED) is 0.425. The molecule has 0 saturated heterocycles. The Balaban J connectivity index is 1.41. The predicted molar refractivity (Wildman–Crippen MR) is 132 cm³/mol. The second-order valence-corrected chi connectivity index (χ2v) is 8.85. The molecular formula is C26H23N3O5S. The van der Waals surface area contributed by atoms with Crippen molar-refractivity contribution in [3.63, 3.8) is 0 Å². The molecule has 178 valence electrons. The van der Waals surface area contributed by atoms with Gasteiger partial charge in [0.15, 0.2) is 10.9 Å². The number of hydrogen-bond donors (Lipinski definition) is 1. The average Bonchev–Trinajstić information content (AvgIpc) is 3.60. The summed E-state index contributed by atoms with van der Waals surface area (Å²) >= 11 is 1.30. The smallest absolute Gasteiger partial charge is 0.290 e. The first-order valence-corrected chi connectivity index (χ1v) is 11.9. The van der Waals surface area contributed by atoms with Crippen molar-refractivity contribution in [3.05, 3.63) is 83.1 Å². The molecule has 0 fully saturated rings. The van der Waals surface area contributed by atoms with E-state index in [-0.39, 0.29) is 17.6 Å². The van der Waals surface area contributed by atoms with E-state index in [0.29, 0.717) is 35.3 Å². The van der Waals surface area contributed by atoms with Crippen LogP contribution in [-0.2, 0) is 17.8 Å². The van der Waals surface area contributed by atoms with Crippen molar-refractivity contribution >= 4 is 28.3 Å². The first-order valence-electron chi connectivity index (χ1n) is 11.0. The lowest BCUT2D eigenvalue weighted by Crippen LogP contribution is -2.50. The van der Waals surface area contributed by atoms with Gasteiger partial charge in [-0.3, -0.25) is 9.59 Å². The number of hydrogen-bond acceptors (Lipinski definition) is 7. The molecule has 1 unspecified atom stereocenters. The largest absolute Gasteiger partial charge is 0.497 e. The van der Waals surface area contributed by atoms with Crippen LogP contribution in [-0.4, -0.2) is 42.0 Å². The van der Waals surface area contributed by atoms with Crippen molar-refractivity contribution in [3.8, 4) is 22.8 Å². The monoisotopic (exact) mass is 489 g/mol. The zero-order chi connectivity index (χ0) is 24.4. The molecule has 0 radical (unpaired) electrons. The molecule has 9 heteroatoms. The first-order chi connectivity index (χ1) is 17.1. The maximum Gasteiger partial charge on any atom is 0.290 e. The number of amides is 2. The number of rotatable bonds is 6. The molecule has 0 saturated carbocycles. The minimum Gasteiger partial charge on any atom is -0.497 e. The van der Waals surface area contributed by atoms with Crippen LogP contribution in [0.25, 0.3) is 11.3 Å². The molecule has 35 heavy (non-hydrogen) atoms. The maximum atomic E-state index is 13.4. The van der Waals surface area contributed by atoms with Crippen LogP contribution >= 0.6 is 11.3 Å². The van der Waals surface area contributed by atoms with Gasteiger partial charge in [-0.15, -0.1) is 11.3 Å². The molecule has 1 aliphatic heterocycles. The summed E-state index contributed by atoms with van der Waals surface area (Å²) in [5.74, 6) is 0.882. The van der Waals surface area contributed by atoms with Gasteiger partial charge in [0.1, 0.15) is 17.5 Å². The van der Waals surface area contributed by atoms with E-state index in [9.17, 15) is 9.59 Å². The van der Waals surface area contributed by atoms with Crippen molar-refractivity contribution in [1.82, 2.24) is 9.88 Å². The normalized spacial score (nSPS) is 14.8. The number of aromatic nitrogens is 1. The summed E-state index contributed by atoms with van der Waals surface area (Å²) in [5, 5.41) is 5.17. The molecule has 5 rings (SSSR count). The van der Waals surface area contributed by atoms with Crippen molar-refractivity contribution in [1.29, 1.82) is 0 Å². The molecule has 1 N–H and O–H groups in total. The van der Waals surface area contributed by atoms with Gasteiger partial charge in [-0.05, 0) is 41.5 Å². The van der Waals surface area contributed by atoms with Gasteiger partial charge in [-0.1, -0.05) is 24.3 Å². The van der Waals surface area contributed by atoms with Crippen molar-refractivity contribution in [2.75, 3.05) is 19.5 Å². The van der Waals surface area contributed by atoms with Crippen molar-refractivity contribution in [2.45, 2.75) is 19.0 Å². The summed E-state index contributed by atoms with van der Waals surface area (Å²) in [7, 11) is 3.18. The third kappa shape index (κ3) is 4.50. The number of furan rings is 1. The van der Waals surface area contributed by atoms with Gasteiger partial charge in [0.05, 0.1) is 26.2 Å². The zero-order valence-electron chi connectivity index (χ0n) is 19.2. The SMILES string of the molecule is COc1ccc(OC)c(-c2csc(NC(=O)C3Cc4ccccc4CN3C(=O)c3ccco3)n2)c1. The van der Waals surface area contributed by atoms with Gasteiger partial charge >= 0.3 is 0 Å². The predicted octanol–water partition coefficient (Wildman–Crippen LogP) is 4.63. The second-order valence-electron chi connectivity index (χ2n) is 7.99. The van der Waals surface area contributed by atoms with E-state index in [1.54, 1.807) is 31.3 Å². The molecule has 1 atom stereocenters. The number of ether oxygens (including phenoxy) is 2. The molecule has 2 aromatic carbocycles. The Hall–Kier alpha value is -4.11. The summed E-state index contributed by atoms with van der Waals surface area (Å²) < 4.78 is 16.1. The number of methoxy groups -OCH3 is 2. The highest BCUT2D eigenvalue weighted by atomic mass is 32.1. The van der Waals surface area contributed by atoms with Gasteiger partial charge < -0.3 is 24.1 Å². The van der Waals surface area contributed by atoms with Crippen LogP contribution in [0.4, 0.5) is 5.13 Å². The fourth-order valence-electron chi connectivity index (χ4n) is 4.17. The molecular weight excluding hydrogens is 466 g/mol.